The van der Waals surface area contributed by atoms with E-state index in [-0.39, 0.29) is 0 Å². The van der Waals surface area contributed by atoms with Crippen molar-refractivity contribution in [2.45, 2.75) is 20.8 Å². The van der Waals surface area contributed by atoms with E-state index in [0.717, 1.165) is 13.1 Å². The Morgan fingerprint density at radius 3 is 1.41 bits per heavy atom. The van der Waals surface area contributed by atoms with Gasteiger partial charge in [0, 0.05) is 40.3 Å². The van der Waals surface area contributed by atoms with Crippen LogP contribution in [0.25, 0.3) is 44.5 Å². The third-order valence-corrected chi connectivity index (χ3v) is 20.1. The fourth-order valence-corrected chi connectivity index (χ4v) is 16.6. The minimum Gasteiger partial charge on any atom is -0.308 e. The van der Waals surface area contributed by atoms with Crippen molar-refractivity contribution in [1.82, 2.24) is 4.67 Å². The van der Waals surface area contributed by atoms with Gasteiger partial charge < -0.3 is 4.90 Å². The molecule has 2 aliphatic heterocycles. The molecule has 0 spiro atoms. The van der Waals surface area contributed by atoms with Crippen molar-refractivity contribution in [2.75, 3.05) is 24.7 Å². The quantitative estimate of drug-likeness (QED) is 0.149. The van der Waals surface area contributed by atoms with Crippen LogP contribution in [0.4, 0.5) is 17.1 Å². The molecular formula is C48H42N2P2S2. The second-order valence-corrected chi connectivity index (χ2v) is 23.7. The van der Waals surface area contributed by atoms with Crippen LogP contribution in [0.1, 0.15) is 19.4 Å². The Hall–Kier alpha value is -4.40. The number of rotatable bonds is 7. The molecule has 0 saturated carbocycles. The summed E-state index contributed by atoms with van der Waals surface area (Å²) in [5.74, 6) is 0. The smallest absolute Gasteiger partial charge is 0.0751 e. The molecule has 2 heterocycles. The SMILES string of the molecule is CCN(CC)P1(=S)c2cc(-c3cccc(-c4ccccc4)c3)ccc2N2c3ccc(-c4cccc(-c5ccccc5)c4)cc3P(C)(=S)c3cc(C)cc1c32. The topological polar surface area (TPSA) is 6.48 Å². The van der Waals surface area contributed by atoms with Crippen LogP contribution in [0, 0.1) is 6.92 Å². The molecule has 0 saturated heterocycles. The van der Waals surface area contributed by atoms with E-state index in [2.05, 4.69) is 195 Å². The monoisotopic (exact) mass is 772 g/mol. The molecule has 0 aromatic heterocycles. The normalized spacial score (nSPS) is 18.2. The number of benzene rings is 7. The van der Waals surface area contributed by atoms with Gasteiger partial charge >= 0.3 is 0 Å². The standard InChI is InChI=1S/C48H42N2P2S2/c1-5-49(6-2)52(54)45-32-41(39-22-14-20-37(30-39)35-17-11-8-12-18-35)24-26-43(45)50-42-25-23-40(38-21-13-19-36(29-38)34-15-9-7-10-16-34)31-44(42)51(4,53)46-27-33(3)28-47(52)48(46)50/h7-32H,5-6H2,1-4H3. The summed E-state index contributed by atoms with van der Waals surface area (Å²) < 4.78 is 2.56. The third kappa shape index (κ3) is 5.62. The van der Waals surface area contributed by atoms with Gasteiger partial charge in [0.2, 0.25) is 0 Å². The van der Waals surface area contributed by atoms with Gasteiger partial charge in [0.05, 0.1) is 23.3 Å². The lowest BCUT2D eigenvalue weighted by molar-refractivity contribution is 0.513. The minimum atomic E-state index is -2.46. The van der Waals surface area contributed by atoms with Crippen molar-refractivity contribution in [3.63, 3.8) is 0 Å². The van der Waals surface area contributed by atoms with E-state index in [9.17, 15) is 0 Å². The molecule has 0 aliphatic carbocycles. The fraction of sp³-hybridized carbons (Fsp3) is 0.125. The second kappa shape index (κ2) is 13.7. The lowest BCUT2D eigenvalue weighted by Gasteiger charge is -2.48. The number of hydrogen-bond acceptors (Lipinski definition) is 3. The molecule has 0 bridgehead atoms. The minimum absolute atomic E-state index is 0.881. The van der Waals surface area contributed by atoms with Gasteiger partial charge in [-0.2, -0.15) is 0 Å². The summed E-state index contributed by atoms with van der Waals surface area (Å²) in [5.41, 5.74) is 14.5. The van der Waals surface area contributed by atoms with Crippen LogP contribution in [0.3, 0.4) is 0 Å². The number of hydrogen-bond donors (Lipinski definition) is 0. The van der Waals surface area contributed by atoms with Crippen LogP contribution in [0.2, 0.25) is 0 Å². The van der Waals surface area contributed by atoms with Crippen LogP contribution in [0.5, 0.6) is 0 Å². The largest absolute Gasteiger partial charge is 0.308 e. The second-order valence-electron chi connectivity index (χ2n) is 14.4. The zero-order chi connectivity index (χ0) is 37.2. The summed E-state index contributed by atoms with van der Waals surface area (Å²) in [6.07, 6.45) is -2.46. The molecule has 54 heavy (non-hydrogen) atoms. The number of aryl methyl sites for hydroxylation is 1. The first-order valence-electron chi connectivity index (χ1n) is 18.7. The molecule has 6 heteroatoms. The Morgan fingerprint density at radius 1 is 0.463 bits per heavy atom. The Bertz CT molecular complexity index is 2680. The van der Waals surface area contributed by atoms with E-state index >= 15 is 0 Å². The Balaban J connectivity index is 1.26. The molecule has 7 aromatic carbocycles. The van der Waals surface area contributed by atoms with Gasteiger partial charge in [0.25, 0.3) is 0 Å². The zero-order valence-electron chi connectivity index (χ0n) is 31.0. The molecule has 266 valence electrons. The summed E-state index contributed by atoms with van der Waals surface area (Å²) in [4.78, 5) is 2.52. The maximum atomic E-state index is 7.14. The molecule has 9 rings (SSSR count). The van der Waals surface area contributed by atoms with Crippen LogP contribution in [-0.4, -0.2) is 24.4 Å². The predicted octanol–water partition coefficient (Wildman–Crippen LogP) is 11.5. The number of nitrogens with zero attached hydrogens (tertiary/aromatic N) is 2. The van der Waals surface area contributed by atoms with Gasteiger partial charge in [0.15, 0.2) is 0 Å². The first-order chi connectivity index (χ1) is 26.2. The molecule has 2 unspecified atom stereocenters. The summed E-state index contributed by atoms with van der Waals surface area (Å²) in [7, 11) is 0. The molecule has 0 fully saturated rings. The summed E-state index contributed by atoms with van der Waals surface area (Å²) in [5, 5.41) is 5.07. The van der Waals surface area contributed by atoms with E-state index < -0.39 is 12.2 Å². The first kappa shape index (κ1) is 35.3. The van der Waals surface area contributed by atoms with E-state index in [1.54, 1.807) is 0 Å². The molecule has 0 N–H and O–H groups in total. The van der Waals surface area contributed by atoms with Crippen LogP contribution in [0.15, 0.2) is 158 Å². The summed E-state index contributed by atoms with van der Waals surface area (Å²) in [6, 6.07) is 55.6. The highest BCUT2D eigenvalue weighted by molar-refractivity contribution is 8.22. The van der Waals surface area contributed by atoms with Crippen molar-refractivity contribution >= 4 is 74.1 Å². The van der Waals surface area contributed by atoms with Crippen molar-refractivity contribution in [2.24, 2.45) is 0 Å². The molecule has 2 aliphatic rings. The van der Waals surface area contributed by atoms with Gasteiger partial charge in [-0.3, -0.25) is 4.67 Å². The Morgan fingerprint density at radius 2 is 0.889 bits per heavy atom. The maximum absolute atomic E-state index is 7.14. The van der Waals surface area contributed by atoms with E-state index in [1.807, 2.05) is 0 Å². The molecule has 2 atom stereocenters. The van der Waals surface area contributed by atoms with Crippen LogP contribution >= 0.6 is 12.2 Å². The molecule has 0 radical (unpaired) electrons. The third-order valence-electron chi connectivity index (χ3n) is 11.2. The lowest BCUT2D eigenvalue weighted by atomic mass is 9.98. The van der Waals surface area contributed by atoms with Crippen molar-refractivity contribution in [3.05, 3.63) is 163 Å². The van der Waals surface area contributed by atoms with Crippen LogP contribution < -0.4 is 26.1 Å². The molecular weight excluding hydrogens is 731 g/mol. The van der Waals surface area contributed by atoms with Gasteiger partial charge in [-0.1, -0.05) is 147 Å². The molecule has 2 nitrogen and oxygen atoms in total. The highest BCUT2D eigenvalue weighted by Gasteiger charge is 2.45. The van der Waals surface area contributed by atoms with Gasteiger partial charge in [0.1, 0.15) is 0 Å². The van der Waals surface area contributed by atoms with Gasteiger partial charge in [-0.05, 0) is 112 Å². The average Bonchev–Trinajstić information content (AvgIpc) is 3.22. The zero-order valence-corrected chi connectivity index (χ0v) is 34.5. The van der Waals surface area contributed by atoms with Crippen molar-refractivity contribution in [3.8, 4) is 44.5 Å². The fourth-order valence-electron chi connectivity index (χ4n) is 8.47. The predicted molar refractivity (Wildman–Crippen MR) is 244 cm³/mol. The van der Waals surface area contributed by atoms with Crippen molar-refractivity contribution < 1.29 is 0 Å². The first-order valence-corrected chi connectivity index (χ1v) is 24.7. The van der Waals surface area contributed by atoms with Gasteiger partial charge in [-0.25, -0.2) is 0 Å². The van der Waals surface area contributed by atoms with E-state index in [0.29, 0.717) is 0 Å². The maximum Gasteiger partial charge on any atom is 0.0751 e. The molecule has 7 aromatic rings. The number of fused-ring (bicyclic) bond motifs is 4. The average molecular weight is 773 g/mol. The van der Waals surface area contributed by atoms with E-state index in [1.165, 1.54) is 88.4 Å². The number of anilines is 3. The van der Waals surface area contributed by atoms with E-state index in [4.69, 9.17) is 23.6 Å². The highest BCUT2D eigenvalue weighted by atomic mass is 32.4. The molecule has 0 amide bonds. The van der Waals surface area contributed by atoms with Gasteiger partial charge in [-0.15, -0.1) is 0 Å². The Kier molecular flexibility index (Phi) is 8.97. The highest BCUT2D eigenvalue weighted by Crippen LogP contribution is 2.62. The lowest BCUT2D eigenvalue weighted by Crippen LogP contribution is -2.46. The summed E-state index contributed by atoms with van der Waals surface area (Å²) >= 11 is 14.0. The summed E-state index contributed by atoms with van der Waals surface area (Å²) in [6.45, 7) is 10.8. The van der Waals surface area contributed by atoms with Crippen LogP contribution in [-0.2, 0) is 23.6 Å². The van der Waals surface area contributed by atoms with Crippen molar-refractivity contribution in [1.29, 1.82) is 0 Å². The Labute approximate surface area is 330 Å².